The summed E-state index contributed by atoms with van der Waals surface area (Å²) in [4.78, 5) is 8.80. The Labute approximate surface area is 117 Å². The van der Waals surface area contributed by atoms with Crippen LogP contribution in [0.15, 0.2) is 18.6 Å². The van der Waals surface area contributed by atoms with Gasteiger partial charge in [0.25, 0.3) is 0 Å². The molecule has 1 heterocycles. The third-order valence-corrected chi connectivity index (χ3v) is 4.73. The Balaban J connectivity index is 2.22. The van der Waals surface area contributed by atoms with Crippen LogP contribution >= 0.6 is 0 Å². The van der Waals surface area contributed by atoms with Gasteiger partial charge >= 0.3 is 0 Å². The molecule has 0 spiro atoms. The molecule has 1 fully saturated rings. The lowest BCUT2D eigenvalue weighted by Gasteiger charge is -2.44. The molecule has 0 aliphatic heterocycles. The van der Waals surface area contributed by atoms with Crippen LogP contribution in [0.2, 0.25) is 0 Å². The molecule has 0 aromatic carbocycles. The highest BCUT2D eigenvalue weighted by atomic mass is 14.9. The van der Waals surface area contributed by atoms with E-state index in [9.17, 15) is 0 Å². The fourth-order valence-electron chi connectivity index (χ4n) is 3.55. The molecule has 3 atom stereocenters. The normalized spacial score (nSPS) is 28.3. The minimum atomic E-state index is 0.0846. The van der Waals surface area contributed by atoms with E-state index in [1.807, 2.05) is 12.4 Å². The summed E-state index contributed by atoms with van der Waals surface area (Å²) in [6.45, 7) is 10.3. The lowest BCUT2D eigenvalue weighted by atomic mass is 9.65. The van der Waals surface area contributed by atoms with Gasteiger partial charge in [-0.3, -0.25) is 9.97 Å². The Bertz CT molecular complexity index is 388. The Kier molecular flexibility index (Phi) is 4.56. The van der Waals surface area contributed by atoms with E-state index in [0.29, 0.717) is 12.0 Å². The van der Waals surface area contributed by atoms with Gasteiger partial charge in [0.1, 0.15) is 0 Å². The van der Waals surface area contributed by atoms with Crippen molar-refractivity contribution >= 4 is 0 Å². The number of hydrogen-bond donors (Lipinski definition) is 1. The highest BCUT2D eigenvalue weighted by Crippen LogP contribution is 2.41. The number of nitrogens with zero attached hydrogens (tertiary/aromatic N) is 2. The standard InChI is InChI=1S/C16H27N3/c1-5-18-14-10-12(2)6-7-13(14)16(3,4)15-11-17-8-9-19-15/h8-9,11-14,18H,5-7,10H2,1-4H3. The fraction of sp³-hybridized carbons (Fsp3) is 0.750. The van der Waals surface area contributed by atoms with Gasteiger partial charge in [-0.05, 0) is 31.2 Å². The van der Waals surface area contributed by atoms with E-state index in [1.165, 1.54) is 19.3 Å². The number of hydrogen-bond acceptors (Lipinski definition) is 3. The average Bonchev–Trinajstić information content (AvgIpc) is 2.40. The molecule has 106 valence electrons. The maximum atomic E-state index is 4.55. The molecule has 3 heteroatoms. The van der Waals surface area contributed by atoms with Crippen molar-refractivity contribution in [2.45, 2.75) is 58.4 Å². The van der Waals surface area contributed by atoms with Crippen LogP contribution in [0.5, 0.6) is 0 Å². The van der Waals surface area contributed by atoms with Crippen molar-refractivity contribution in [2.24, 2.45) is 11.8 Å². The highest BCUT2D eigenvalue weighted by Gasteiger charge is 2.40. The van der Waals surface area contributed by atoms with Crippen molar-refractivity contribution in [3.05, 3.63) is 24.3 Å². The summed E-state index contributed by atoms with van der Waals surface area (Å²) in [7, 11) is 0. The molecule has 0 amide bonds. The molecule has 0 radical (unpaired) electrons. The predicted molar refractivity (Wildman–Crippen MR) is 79.0 cm³/mol. The lowest BCUT2D eigenvalue weighted by molar-refractivity contribution is 0.144. The summed E-state index contributed by atoms with van der Waals surface area (Å²) in [6, 6.07) is 0.603. The Morgan fingerprint density at radius 3 is 2.74 bits per heavy atom. The topological polar surface area (TPSA) is 37.8 Å². The molecule has 3 nitrogen and oxygen atoms in total. The van der Waals surface area contributed by atoms with E-state index in [4.69, 9.17) is 0 Å². The average molecular weight is 261 g/mol. The van der Waals surface area contributed by atoms with Gasteiger partial charge in [-0.2, -0.15) is 0 Å². The summed E-state index contributed by atoms with van der Waals surface area (Å²) < 4.78 is 0. The van der Waals surface area contributed by atoms with E-state index in [2.05, 4.69) is 43.0 Å². The molecule has 1 aliphatic carbocycles. The molecule has 1 aliphatic rings. The fourth-order valence-corrected chi connectivity index (χ4v) is 3.55. The first kappa shape index (κ1) is 14.4. The maximum absolute atomic E-state index is 4.55. The molecule has 1 N–H and O–H groups in total. The van der Waals surface area contributed by atoms with Crippen LogP contribution in [-0.4, -0.2) is 22.6 Å². The number of aromatic nitrogens is 2. The Morgan fingerprint density at radius 2 is 2.11 bits per heavy atom. The van der Waals surface area contributed by atoms with Crippen molar-refractivity contribution < 1.29 is 0 Å². The summed E-state index contributed by atoms with van der Waals surface area (Å²) in [5.41, 5.74) is 1.21. The van der Waals surface area contributed by atoms with E-state index >= 15 is 0 Å². The number of rotatable bonds is 4. The second-order valence-corrected chi connectivity index (χ2v) is 6.50. The van der Waals surface area contributed by atoms with Gasteiger partial charge in [0.2, 0.25) is 0 Å². The molecule has 2 rings (SSSR count). The second-order valence-electron chi connectivity index (χ2n) is 6.50. The van der Waals surface area contributed by atoms with Crippen molar-refractivity contribution in [3.63, 3.8) is 0 Å². The van der Waals surface area contributed by atoms with Crippen LogP contribution in [0.4, 0.5) is 0 Å². The highest BCUT2D eigenvalue weighted by molar-refractivity contribution is 5.14. The first-order chi connectivity index (χ1) is 9.05. The zero-order valence-electron chi connectivity index (χ0n) is 12.7. The summed E-state index contributed by atoms with van der Waals surface area (Å²) in [5, 5.41) is 3.69. The minimum absolute atomic E-state index is 0.0846. The van der Waals surface area contributed by atoms with Crippen molar-refractivity contribution in [3.8, 4) is 0 Å². The van der Waals surface area contributed by atoms with Gasteiger partial charge in [-0.15, -0.1) is 0 Å². The van der Waals surface area contributed by atoms with Gasteiger partial charge in [0, 0.05) is 30.0 Å². The first-order valence-electron chi connectivity index (χ1n) is 7.55. The molecule has 0 bridgehead atoms. The van der Waals surface area contributed by atoms with Crippen LogP contribution < -0.4 is 5.32 Å². The third-order valence-electron chi connectivity index (χ3n) is 4.73. The van der Waals surface area contributed by atoms with E-state index in [-0.39, 0.29) is 5.41 Å². The molecular weight excluding hydrogens is 234 g/mol. The SMILES string of the molecule is CCNC1CC(C)CCC1C(C)(C)c1cnccn1. The van der Waals surface area contributed by atoms with E-state index in [0.717, 1.165) is 18.2 Å². The van der Waals surface area contributed by atoms with Gasteiger partial charge in [0.15, 0.2) is 0 Å². The van der Waals surface area contributed by atoms with Crippen LogP contribution in [0, 0.1) is 11.8 Å². The lowest BCUT2D eigenvalue weighted by Crippen LogP contribution is -2.48. The van der Waals surface area contributed by atoms with Gasteiger partial charge in [-0.1, -0.05) is 34.1 Å². The van der Waals surface area contributed by atoms with Crippen LogP contribution in [-0.2, 0) is 5.41 Å². The molecule has 0 saturated heterocycles. The zero-order valence-corrected chi connectivity index (χ0v) is 12.7. The molecule has 1 aromatic heterocycles. The monoisotopic (exact) mass is 261 g/mol. The summed E-state index contributed by atoms with van der Waals surface area (Å²) in [6.07, 6.45) is 9.39. The predicted octanol–water partition coefficient (Wildman–Crippen LogP) is 3.17. The largest absolute Gasteiger partial charge is 0.314 e. The molecular formula is C16H27N3. The van der Waals surface area contributed by atoms with Gasteiger partial charge in [0.05, 0.1) is 5.69 Å². The molecule has 1 saturated carbocycles. The molecule has 3 unspecified atom stereocenters. The zero-order chi connectivity index (χ0) is 13.9. The Morgan fingerprint density at radius 1 is 1.32 bits per heavy atom. The van der Waals surface area contributed by atoms with Gasteiger partial charge < -0.3 is 5.32 Å². The van der Waals surface area contributed by atoms with Crippen LogP contribution in [0.1, 0.15) is 52.7 Å². The van der Waals surface area contributed by atoms with E-state index in [1.54, 1.807) is 6.20 Å². The molecule has 19 heavy (non-hydrogen) atoms. The van der Waals surface area contributed by atoms with E-state index < -0.39 is 0 Å². The van der Waals surface area contributed by atoms with Crippen LogP contribution in [0.3, 0.4) is 0 Å². The molecule has 1 aromatic rings. The summed E-state index contributed by atoms with van der Waals surface area (Å²) >= 11 is 0. The third kappa shape index (κ3) is 3.14. The van der Waals surface area contributed by atoms with Crippen LogP contribution in [0.25, 0.3) is 0 Å². The van der Waals surface area contributed by atoms with Gasteiger partial charge in [-0.25, -0.2) is 0 Å². The maximum Gasteiger partial charge on any atom is 0.0646 e. The second kappa shape index (κ2) is 6.00. The number of nitrogens with one attached hydrogen (secondary N) is 1. The Hall–Kier alpha value is -0.960. The van der Waals surface area contributed by atoms with Crippen molar-refractivity contribution in [1.82, 2.24) is 15.3 Å². The summed E-state index contributed by atoms with van der Waals surface area (Å²) in [5.74, 6) is 1.47. The smallest absolute Gasteiger partial charge is 0.0646 e. The van der Waals surface area contributed by atoms with Crippen molar-refractivity contribution in [1.29, 1.82) is 0 Å². The first-order valence-corrected chi connectivity index (χ1v) is 7.55. The van der Waals surface area contributed by atoms with Crippen molar-refractivity contribution in [2.75, 3.05) is 6.54 Å². The minimum Gasteiger partial charge on any atom is -0.314 e. The quantitative estimate of drug-likeness (QED) is 0.904.